The third-order valence-electron chi connectivity index (χ3n) is 10.3. The van der Waals surface area contributed by atoms with E-state index in [0.29, 0.717) is 0 Å². The molecule has 3 heterocycles. The maximum absolute atomic E-state index is 8.75. The maximum Gasteiger partial charge on any atom is 0.0645 e. The van der Waals surface area contributed by atoms with Gasteiger partial charge in [0, 0.05) is 49.4 Å². The molecule has 3 nitrogen and oxygen atoms in total. The van der Waals surface area contributed by atoms with Crippen LogP contribution in [-0.2, 0) is 0 Å². The van der Waals surface area contributed by atoms with Gasteiger partial charge in [-0.3, -0.25) is 0 Å². The molecule has 0 atom stereocenters. The Hall–Kier alpha value is -6.84. The molecule has 0 spiro atoms. The van der Waals surface area contributed by atoms with Crippen LogP contribution in [0, 0.1) is 0 Å². The Balaban J connectivity index is 1.05. The number of fused-ring (bicyclic) bond motifs is 9. The number of rotatable bonds is 4. The molecule has 0 unspecified atom stereocenters. The Bertz CT molecular complexity index is 3340. The van der Waals surface area contributed by atoms with Crippen LogP contribution in [0.4, 0.5) is 0 Å². The predicted molar refractivity (Wildman–Crippen MR) is 215 cm³/mol. The average Bonchev–Trinajstić information content (AvgIpc) is 3.88. The molecular formula is C48H31N3. The maximum atomic E-state index is 8.75. The molecule has 3 heteroatoms. The van der Waals surface area contributed by atoms with Crippen LogP contribution in [0.5, 0.6) is 0 Å². The number of aromatic nitrogens is 3. The van der Waals surface area contributed by atoms with E-state index >= 15 is 0 Å². The largest absolute Gasteiger partial charge is 0.309 e. The van der Waals surface area contributed by atoms with Crippen LogP contribution in [-0.4, -0.2) is 13.7 Å². The van der Waals surface area contributed by atoms with Crippen LogP contribution in [0.25, 0.3) is 93.6 Å². The van der Waals surface area contributed by atoms with Crippen molar-refractivity contribution in [1.29, 1.82) is 0 Å². The van der Waals surface area contributed by atoms with E-state index < -0.39 is 6.04 Å². The van der Waals surface area contributed by atoms with Gasteiger partial charge in [0.2, 0.25) is 0 Å². The number of para-hydroxylation sites is 5. The number of hydrogen-bond acceptors (Lipinski definition) is 0. The Labute approximate surface area is 301 Å². The molecule has 0 radical (unpaired) electrons. The molecule has 0 aliphatic rings. The lowest BCUT2D eigenvalue weighted by atomic mass is 10.0. The van der Waals surface area contributed by atoms with Gasteiger partial charge in [0.05, 0.1) is 40.0 Å². The van der Waals surface area contributed by atoms with Crippen molar-refractivity contribution in [2.24, 2.45) is 0 Å². The van der Waals surface area contributed by atoms with Crippen molar-refractivity contribution < 1.29 is 6.85 Å². The summed E-state index contributed by atoms with van der Waals surface area (Å²) in [5.41, 5.74) is 10.6. The van der Waals surface area contributed by atoms with Crippen LogP contribution in [0.3, 0.4) is 0 Å². The summed E-state index contributed by atoms with van der Waals surface area (Å²) in [6.07, 6.45) is 0. The predicted octanol–water partition coefficient (Wildman–Crippen LogP) is 12.6. The second kappa shape index (κ2) is 10.8. The van der Waals surface area contributed by atoms with Gasteiger partial charge in [0.1, 0.15) is 0 Å². The van der Waals surface area contributed by atoms with E-state index in [1.165, 1.54) is 21.8 Å². The summed E-state index contributed by atoms with van der Waals surface area (Å²) < 4.78 is 48.8. The first-order valence-corrected chi connectivity index (χ1v) is 17.1. The van der Waals surface area contributed by atoms with E-state index in [4.69, 9.17) is 6.85 Å². The zero-order chi connectivity index (χ0) is 37.8. The Kier molecular flexibility index (Phi) is 4.99. The molecule has 0 amide bonds. The van der Waals surface area contributed by atoms with Crippen molar-refractivity contribution in [3.63, 3.8) is 0 Å². The molecule has 0 bridgehead atoms. The molecule has 3 aromatic heterocycles. The van der Waals surface area contributed by atoms with Gasteiger partial charge in [-0.1, -0.05) is 103 Å². The summed E-state index contributed by atoms with van der Waals surface area (Å²) in [5.74, 6) is 0. The third kappa shape index (κ3) is 4.12. The van der Waals surface area contributed by atoms with Crippen LogP contribution in [0.2, 0.25) is 0 Å². The van der Waals surface area contributed by atoms with Gasteiger partial charge in [0.15, 0.2) is 0 Å². The van der Waals surface area contributed by atoms with E-state index in [1.807, 2.05) is 30.3 Å². The van der Waals surface area contributed by atoms with Crippen molar-refractivity contribution in [3.05, 3.63) is 188 Å². The quantitative estimate of drug-likeness (QED) is 0.179. The smallest absolute Gasteiger partial charge is 0.0645 e. The molecule has 11 rings (SSSR count). The van der Waals surface area contributed by atoms with Gasteiger partial charge in [-0.25, -0.2) is 0 Å². The molecule has 0 aliphatic carbocycles. The summed E-state index contributed by atoms with van der Waals surface area (Å²) in [7, 11) is 0. The normalized spacial score (nSPS) is 13.3. The fourth-order valence-corrected chi connectivity index (χ4v) is 8.13. The van der Waals surface area contributed by atoms with Gasteiger partial charge in [-0.15, -0.1) is 0 Å². The number of benzene rings is 8. The highest BCUT2D eigenvalue weighted by molar-refractivity contribution is 6.13. The zero-order valence-corrected chi connectivity index (χ0v) is 27.4. The lowest BCUT2D eigenvalue weighted by molar-refractivity contribution is 1.14. The SMILES string of the molecule is [2H]c1c([2H])c([2H])c(-n2c3ccccc3c3cc(-c4ccc5c(c4)c4ccccc4n5-c4ccc(-n5c6ccccc6c6ccccc65)cc4)ccc32)c([2H])c1[2H]. The molecule has 0 aliphatic heterocycles. The summed E-state index contributed by atoms with van der Waals surface area (Å²) in [5, 5.41) is 6.67. The minimum absolute atomic E-state index is 0.146. The van der Waals surface area contributed by atoms with Crippen LogP contribution in [0.15, 0.2) is 188 Å². The summed E-state index contributed by atoms with van der Waals surface area (Å²) in [6.45, 7) is 0. The summed E-state index contributed by atoms with van der Waals surface area (Å²) in [4.78, 5) is 0. The van der Waals surface area contributed by atoms with E-state index in [9.17, 15) is 0 Å². The van der Waals surface area contributed by atoms with Crippen molar-refractivity contribution in [2.75, 3.05) is 0 Å². The standard InChI is InChI=1S/C48H31N3/c1-2-12-34(13-3-1)49-45-20-10-6-16-39(45)41-30-32(22-28-47(41)49)33-23-29-48-42(31-33)40-17-7-11-21-46(40)51(48)36-26-24-35(25-27-36)50-43-18-8-4-14-37(43)38-15-5-9-19-44(38)50/h1-31H/i1D,2D,3D,12D,13D. The zero-order valence-electron chi connectivity index (χ0n) is 32.4. The topological polar surface area (TPSA) is 14.8 Å². The summed E-state index contributed by atoms with van der Waals surface area (Å²) >= 11 is 0. The molecule has 8 aromatic carbocycles. The molecule has 0 N–H and O–H groups in total. The Morgan fingerprint density at radius 2 is 0.627 bits per heavy atom. The lowest BCUT2D eigenvalue weighted by Crippen LogP contribution is -1.97. The fourth-order valence-electron chi connectivity index (χ4n) is 8.13. The van der Waals surface area contributed by atoms with Crippen LogP contribution < -0.4 is 0 Å². The van der Waals surface area contributed by atoms with Gasteiger partial charge in [-0.2, -0.15) is 0 Å². The third-order valence-corrected chi connectivity index (χ3v) is 10.3. The lowest BCUT2D eigenvalue weighted by Gasteiger charge is -2.12. The minimum atomic E-state index is -0.403. The second-order valence-corrected chi connectivity index (χ2v) is 13.0. The summed E-state index contributed by atoms with van der Waals surface area (Å²) in [6, 6.07) is 53.6. The minimum Gasteiger partial charge on any atom is -0.309 e. The molecular weight excluding hydrogens is 619 g/mol. The van der Waals surface area contributed by atoms with E-state index in [2.05, 4.69) is 137 Å². The van der Waals surface area contributed by atoms with Crippen molar-refractivity contribution >= 4 is 65.4 Å². The monoisotopic (exact) mass is 654 g/mol. The number of hydrogen-bond donors (Lipinski definition) is 0. The first-order valence-electron chi connectivity index (χ1n) is 19.6. The van der Waals surface area contributed by atoms with E-state index in [0.717, 1.165) is 66.1 Å². The molecule has 0 saturated heterocycles. The van der Waals surface area contributed by atoms with Gasteiger partial charge < -0.3 is 13.7 Å². The second-order valence-electron chi connectivity index (χ2n) is 13.0. The van der Waals surface area contributed by atoms with Crippen molar-refractivity contribution in [2.45, 2.75) is 0 Å². The molecule has 0 fully saturated rings. The van der Waals surface area contributed by atoms with E-state index in [-0.39, 0.29) is 29.9 Å². The molecule has 0 saturated carbocycles. The number of nitrogens with zero attached hydrogens (tertiary/aromatic N) is 3. The molecule has 11 aromatic rings. The van der Waals surface area contributed by atoms with E-state index in [1.54, 1.807) is 4.57 Å². The fraction of sp³-hybridized carbons (Fsp3) is 0. The Morgan fingerprint density at radius 1 is 0.294 bits per heavy atom. The van der Waals surface area contributed by atoms with Crippen molar-refractivity contribution in [1.82, 2.24) is 13.7 Å². The highest BCUT2D eigenvalue weighted by atomic mass is 15.0. The van der Waals surface area contributed by atoms with Gasteiger partial charge in [-0.05, 0) is 96.0 Å². The van der Waals surface area contributed by atoms with Crippen LogP contribution in [0.1, 0.15) is 6.85 Å². The van der Waals surface area contributed by atoms with Gasteiger partial charge >= 0.3 is 0 Å². The highest BCUT2D eigenvalue weighted by Gasteiger charge is 2.17. The highest BCUT2D eigenvalue weighted by Crippen LogP contribution is 2.39. The van der Waals surface area contributed by atoms with Crippen LogP contribution >= 0.6 is 0 Å². The molecule has 51 heavy (non-hydrogen) atoms. The Morgan fingerprint density at radius 3 is 1.04 bits per heavy atom. The average molecular weight is 655 g/mol. The first-order chi connectivity index (χ1) is 27.4. The molecule has 238 valence electrons. The van der Waals surface area contributed by atoms with Gasteiger partial charge in [0.25, 0.3) is 0 Å². The first kappa shape index (κ1) is 23.5. The van der Waals surface area contributed by atoms with Crippen molar-refractivity contribution in [3.8, 4) is 28.2 Å².